The van der Waals surface area contributed by atoms with Gasteiger partial charge in [0.25, 0.3) is 0 Å². The van der Waals surface area contributed by atoms with Crippen LogP contribution in [0.2, 0.25) is 0 Å². The van der Waals surface area contributed by atoms with Crippen molar-refractivity contribution in [1.29, 1.82) is 0 Å². The van der Waals surface area contributed by atoms with Crippen LogP contribution in [-0.4, -0.2) is 24.7 Å². The van der Waals surface area contributed by atoms with Crippen molar-refractivity contribution in [1.82, 2.24) is 5.32 Å². The maximum atomic E-state index is 10.7. The molecule has 0 aromatic carbocycles. The van der Waals surface area contributed by atoms with Gasteiger partial charge < -0.3 is 10.1 Å². The second-order valence-corrected chi connectivity index (χ2v) is 2.95. The van der Waals surface area contributed by atoms with E-state index in [1.165, 1.54) is 6.92 Å². The summed E-state index contributed by atoms with van der Waals surface area (Å²) < 4.78 is 5.25. The summed E-state index contributed by atoms with van der Waals surface area (Å²) in [7, 11) is 0. The van der Waals surface area contributed by atoms with E-state index < -0.39 is 0 Å². The van der Waals surface area contributed by atoms with Gasteiger partial charge in [0.1, 0.15) is 6.10 Å². The molecule has 0 aromatic rings. The molecular weight excluding hydrogens is 154 g/mol. The average Bonchev–Trinajstić information content (AvgIpc) is 2.03. The maximum absolute atomic E-state index is 10.7. The van der Waals surface area contributed by atoms with Crippen molar-refractivity contribution in [2.24, 2.45) is 0 Å². The highest BCUT2D eigenvalue weighted by molar-refractivity contribution is 5.73. The molecule has 1 aliphatic heterocycles. The van der Waals surface area contributed by atoms with Gasteiger partial charge in [0.05, 0.1) is 6.61 Å². The van der Waals surface area contributed by atoms with Crippen LogP contribution in [-0.2, 0) is 9.53 Å². The molecule has 0 aliphatic carbocycles. The van der Waals surface area contributed by atoms with Crippen LogP contribution in [0.25, 0.3) is 0 Å². The van der Waals surface area contributed by atoms with Crippen LogP contribution in [0.1, 0.15) is 19.8 Å². The highest BCUT2D eigenvalue weighted by atomic mass is 16.5. The van der Waals surface area contributed by atoms with Gasteiger partial charge in [-0.25, -0.2) is 0 Å². The Labute approximate surface area is 72.5 Å². The predicted octanol–water partition coefficient (Wildman–Crippen LogP) is 0.303. The number of amides is 1. The van der Waals surface area contributed by atoms with Gasteiger partial charge in [0.15, 0.2) is 0 Å². The monoisotopic (exact) mass is 167 g/mol. The van der Waals surface area contributed by atoms with Gasteiger partial charge in [-0.3, -0.25) is 4.79 Å². The third-order valence-corrected chi connectivity index (χ3v) is 1.88. The van der Waals surface area contributed by atoms with E-state index in [0.717, 1.165) is 12.8 Å². The molecule has 2 atom stereocenters. The zero-order chi connectivity index (χ0) is 8.97. The first-order valence-electron chi connectivity index (χ1n) is 4.07. The van der Waals surface area contributed by atoms with E-state index in [4.69, 9.17) is 11.2 Å². The maximum Gasteiger partial charge on any atom is 0.217 e. The number of carbonyl (C=O) groups excluding carboxylic acids is 1. The second-order valence-electron chi connectivity index (χ2n) is 2.95. The molecular formula is C9H13NO2. The molecule has 0 spiro atoms. The van der Waals surface area contributed by atoms with Crippen molar-refractivity contribution in [3.63, 3.8) is 0 Å². The van der Waals surface area contributed by atoms with Crippen molar-refractivity contribution < 1.29 is 9.53 Å². The molecule has 0 radical (unpaired) electrons. The van der Waals surface area contributed by atoms with Crippen LogP contribution in [0.5, 0.6) is 0 Å². The third-order valence-electron chi connectivity index (χ3n) is 1.88. The molecule has 1 amide bonds. The fourth-order valence-corrected chi connectivity index (χ4v) is 1.33. The summed E-state index contributed by atoms with van der Waals surface area (Å²) in [6.45, 7) is 2.15. The van der Waals surface area contributed by atoms with E-state index >= 15 is 0 Å². The molecule has 66 valence electrons. The van der Waals surface area contributed by atoms with E-state index in [2.05, 4.69) is 11.2 Å². The molecule has 0 unspecified atom stereocenters. The van der Waals surface area contributed by atoms with Crippen LogP contribution < -0.4 is 5.32 Å². The van der Waals surface area contributed by atoms with Crippen molar-refractivity contribution in [3.05, 3.63) is 0 Å². The van der Waals surface area contributed by atoms with E-state index in [1.807, 2.05) is 0 Å². The highest BCUT2D eigenvalue weighted by Gasteiger charge is 2.20. The first-order valence-corrected chi connectivity index (χ1v) is 4.07. The van der Waals surface area contributed by atoms with E-state index in [9.17, 15) is 4.79 Å². The Morgan fingerprint density at radius 1 is 1.75 bits per heavy atom. The Bertz CT molecular complexity index is 207. The van der Waals surface area contributed by atoms with Crippen molar-refractivity contribution in [3.8, 4) is 12.3 Å². The number of hydrogen-bond donors (Lipinski definition) is 1. The zero-order valence-corrected chi connectivity index (χ0v) is 7.17. The molecule has 1 N–H and O–H groups in total. The smallest absolute Gasteiger partial charge is 0.217 e. The summed E-state index contributed by atoms with van der Waals surface area (Å²) in [4.78, 5) is 10.7. The van der Waals surface area contributed by atoms with Gasteiger partial charge in [-0.15, -0.1) is 6.42 Å². The Kier molecular flexibility index (Phi) is 3.12. The highest BCUT2D eigenvalue weighted by Crippen LogP contribution is 2.12. The van der Waals surface area contributed by atoms with Gasteiger partial charge >= 0.3 is 0 Å². The quantitative estimate of drug-likeness (QED) is 0.570. The molecule has 3 nitrogen and oxygen atoms in total. The Morgan fingerprint density at radius 2 is 2.50 bits per heavy atom. The molecule has 0 bridgehead atoms. The van der Waals surface area contributed by atoms with Crippen LogP contribution in [0.4, 0.5) is 0 Å². The minimum Gasteiger partial charge on any atom is -0.365 e. The van der Waals surface area contributed by atoms with Gasteiger partial charge in [-0.2, -0.15) is 0 Å². The minimum atomic E-state index is -0.129. The third kappa shape index (κ3) is 2.55. The van der Waals surface area contributed by atoms with Gasteiger partial charge in [-0.05, 0) is 6.42 Å². The van der Waals surface area contributed by atoms with Gasteiger partial charge in [0.2, 0.25) is 5.91 Å². The normalized spacial score (nSPS) is 29.0. The van der Waals surface area contributed by atoms with E-state index in [1.54, 1.807) is 0 Å². The summed E-state index contributed by atoms with van der Waals surface area (Å²) >= 11 is 0. The van der Waals surface area contributed by atoms with Crippen LogP contribution in [0.3, 0.4) is 0 Å². The summed E-state index contributed by atoms with van der Waals surface area (Å²) in [5.41, 5.74) is 0. The fourth-order valence-electron chi connectivity index (χ4n) is 1.33. The van der Waals surface area contributed by atoms with Crippen LogP contribution in [0, 0.1) is 12.3 Å². The lowest BCUT2D eigenvalue weighted by atomic mass is 10.0. The van der Waals surface area contributed by atoms with E-state index in [-0.39, 0.29) is 18.1 Å². The number of nitrogens with one attached hydrogen (secondary N) is 1. The first-order chi connectivity index (χ1) is 5.72. The Hall–Kier alpha value is -1.01. The average molecular weight is 167 g/mol. The summed E-state index contributed by atoms with van der Waals surface area (Å²) in [5.74, 6) is 2.53. The summed E-state index contributed by atoms with van der Waals surface area (Å²) in [6, 6.07) is 0.192. The number of terminal acetylenes is 1. The topological polar surface area (TPSA) is 38.3 Å². The van der Waals surface area contributed by atoms with Gasteiger partial charge in [-0.1, -0.05) is 5.92 Å². The van der Waals surface area contributed by atoms with Crippen LogP contribution in [0.15, 0.2) is 0 Å². The van der Waals surface area contributed by atoms with Gasteiger partial charge in [0, 0.05) is 19.4 Å². The number of hydrogen-bond acceptors (Lipinski definition) is 2. The van der Waals surface area contributed by atoms with E-state index in [0.29, 0.717) is 6.61 Å². The minimum absolute atomic E-state index is 0.00216. The molecule has 1 saturated heterocycles. The van der Waals surface area contributed by atoms with Crippen molar-refractivity contribution >= 4 is 5.91 Å². The first kappa shape index (κ1) is 9.08. The molecule has 1 aliphatic rings. The molecule has 1 rings (SSSR count). The van der Waals surface area contributed by atoms with Crippen molar-refractivity contribution in [2.45, 2.75) is 31.9 Å². The fraction of sp³-hybridized carbons (Fsp3) is 0.667. The number of ether oxygens (including phenoxy) is 1. The largest absolute Gasteiger partial charge is 0.365 e. The SMILES string of the molecule is C#C[C@H]1C[C@@H](NC(C)=O)CCO1. The Morgan fingerprint density at radius 3 is 3.08 bits per heavy atom. The summed E-state index contributed by atoms with van der Waals surface area (Å²) in [5, 5.41) is 2.83. The van der Waals surface area contributed by atoms with Crippen LogP contribution >= 0.6 is 0 Å². The second kappa shape index (κ2) is 4.13. The lowest BCUT2D eigenvalue weighted by Crippen LogP contribution is -2.40. The molecule has 1 fully saturated rings. The lowest BCUT2D eigenvalue weighted by molar-refractivity contribution is -0.120. The number of rotatable bonds is 1. The predicted molar refractivity (Wildman–Crippen MR) is 45.4 cm³/mol. The molecule has 12 heavy (non-hydrogen) atoms. The summed E-state index contributed by atoms with van der Waals surface area (Å²) in [6.07, 6.45) is 6.67. The number of carbonyl (C=O) groups is 1. The zero-order valence-electron chi connectivity index (χ0n) is 7.17. The standard InChI is InChI=1S/C9H13NO2/c1-3-9-6-8(4-5-12-9)10-7(2)11/h1,8-9H,4-6H2,2H3,(H,10,11)/t8-,9-/m0/s1. The Balaban J connectivity index is 2.36. The molecule has 3 heteroatoms. The lowest BCUT2D eigenvalue weighted by Gasteiger charge is -2.26. The van der Waals surface area contributed by atoms with Crippen molar-refractivity contribution in [2.75, 3.05) is 6.61 Å². The molecule has 1 heterocycles. The molecule has 0 saturated carbocycles. The molecule has 0 aromatic heterocycles.